The summed E-state index contributed by atoms with van der Waals surface area (Å²) >= 11 is 0. The maximum Gasteiger partial charge on any atom is 0.119 e. The quantitative estimate of drug-likeness (QED) is 0.873. The molecule has 1 aromatic rings. The number of benzene rings is 1. The van der Waals surface area contributed by atoms with Gasteiger partial charge in [-0.2, -0.15) is 0 Å². The van der Waals surface area contributed by atoms with Crippen LogP contribution >= 0.6 is 0 Å². The van der Waals surface area contributed by atoms with E-state index in [1.54, 1.807) is 0 Å². The normalized spacial score (nSPS) is 23.4. The van der Waals surface area contributed by atoms with E-state index in [-0.39, 0.29) is 11.7 Å². The highest BCUT2D eigenvalue weighted by atomic mass is 16.5. The molecule has 0 amide bonds. The van der Waals surface area contributed by atoms with Gasteiger partial charge in [-0.25, -0.2) is 0 Å². The third-order valence-electron chi connectivity index (χ3n) is 2.88. The van der Waals surface area contributed by atoms with Crippen LogP contribution in [0.4, 0.5) is 0 Å². The fourth-order valence-electron chi connectivity index (χ4n) is 2.13. The molecule has 17 heavy (non-hydrogen) atoms. The summed E-state index contributed by atoms with van der Waals surface area (Å²) in [6.07, 6.45) is 0.110. The van der Waals surface area contributed by atoms with Crippen LogP contribution in [0.15, 0.2) is 24.3 Å². The van der Waals surface area contributed by atoms with Crippen molar-refractivity contribution in [2.75, 3.05) is 19.7 Å². The molecule has 94 valence electrons. The molecule has 0 bridgehead atoms. The van der Waals surface area contributed by atoms with Crippen molar-refractivity contribution in [3.63, 3.8) is 0 Å². The first-order valence-electron chi connectivity index (χ1n) is 6.22. The molecule has 1 heterocycles. The maximum absolute atomic E-state index is 6.07. The third kappa shape index (κ3) is 3.20. The molecular weight excluding hydrogens is 214 g/mol. The smallest absolute Gasteiger partial charge is 0.119 e. The molecule has 1 aromatic carbocycles. The zero-order chi connectivity index (χ0) is 12.3. The Kier molecular flexibility index (Phi) is 3.69. The van der Waals surface area contributed by atoms with Gasteiger partial charge < -0.3 is 14.8 Å². The molecule has 3 nitrogen and oxygen atoms in total. The Bertz CT molecular complexity index is 376. The van der Waals surface area contributed by atoms with Gasteiger partial charge in [0, 0.05) is 13.1 Å². The molecule has 1 atom stereocenters. The monoisotopic (exact) mass is 235 g/mol. The molecule has 0 saturated carbocycles. The van der Waals surface area contributed by atoms with E-state index < -0.39 is 0 Å². The molecule has 3 heteroatoms. The lowest BCUT2D eigenvalue weighted by Crippen LogP contribution is -2.46. The number of hydrogen-bond donors (Lipinski definition) is 1. The second-order valence-corrected chi connectivity index (χ2v) is 5.00. The van der Waals surface area contributed by atoms with Gasteiger partial charge in [-0.15, -0.1) is 0 Å². The highest BCUT2D eigenvalue weighted by Gasteiger charge is 2.29. The summed E-state index contributed by atoms with van der Waals surface area (Å²) in [5.74, 6) is 0.914. The minimum absolute atomic E-state index is 0.107. The number of ether oxygens (including phenoxy) is 2. The van der Waals surface area contributed by atoms with E-state index in [0.29, 0.717) is 6.61 Å². The molecule has 1 N–H and O–H groups in total. The summed E-state index contributed by atoms with van der Waals surface area (Å²) in [6.45, 7) is 8.66. The lowest BCUT2D eigenvalue weighted by atomic mass is 10.0. The van der Waals surface area contributed by atoms with Gasteiger partial charge >= 0.3 is 0 Å². The van der Waals surface area contributed by atoms with Crippen molar-refractivity contribution < 1.29 is 9.47 Å². The van der Waals surface area contributed by atoms with Gasteiger partial charge in [0.2, 0.25) is 0 Å². The van der Waals surface area contributed by atoms with E-state index in [1.807, 2.05) is 19.1 Å². The predicted octanol–water partition coefficient (Wildman–Crippen LogP) is 2.52. The minimum atomic E-state index is -0.107. The SMILES string of the molecule is CCOc1cccc(C2CNCC(C)(C)O2)c1. The molecule has 1 aliphatic heterocycles. The van der Waals surface area contributed by atoms with Crippen molar-refractivity contribution in [3.05, 3.63) is 29.8 Å². The van der Waals surface area contributed by atoms with Crippen LogP contribution in [-0.2, 0) is 4.74 Å². The van der Waals surface area contributed by atoms with Crippen molar-refractivity contribution in [2.24, 2.45) is 0 Å². The maximum atomic E-state index is 6.07. The molecular formula is C14H21NO2. The number of morpholine rings is 1. The van der Waals surface area contributed by atoms with E-state index in [4.69, 9.17) is 9.47 Å². The van der Waals surface area contributed by atoms with E-state index in [1.165, 1.54) is 5.56 Å². The first-order chi connectivity index (χ1) is 8.11. The lowest BCUT2D eigenvalue weighted by Gasteiger charge is -2.37. The Morgan fingerprint density at radius 2 is 2.29 bits per heavy atom. The van der Waals surface area contributed by atoms with Crippen LogP contribution in [0.3, 0.4) is 0 Å². The second-order valence-electron chi connectivity index (χ2n) is 5.00. The van der Waals surface area contributed by atoms with Crippen LogP contribution < -0.4 is 10.1 Å². The molecule has 1 aliphatic rings. The topological polar surface area (TPSA) is 30.5 Å². The standard InChI is InChI=1S/C14H21NO2/c1-4-16-12-7-5-6-11(8-12)13-9-15-10-14(2,3)17-13/h5-8,13,15H,4,9-10H2,1-3H3. The van der Waals surface area contributed by atoms with Crippen molar-refractivity contribution in [1.29, 1.82) is 0 Å². The fourth-order valence-corrected chi connectivity index (χ4v) is 2.13. The Morgan fingerprint density at radius 3 is 3.00 bits per heavy atom. The molecule has 0 aliphatic carbocycles. The first kappa shape index (κ1) is 12.4. The zero-order valence-electron chi connectivity index (χ0n) is 10.8. The highest BCUT2D eigenvalue weighted by Crippen LogP contribution is 2.28. The van der Waals surface area contributed by atoms with Crippen molar-refractivity contribution in [2.45, 2.75) is 32.5 Å². The largest absolute Gasteiger partial charge is 0.494 e. The Hall–Kier alpha value is -1.06. The van der Waals surface area contributed by atoms with Gasteiger partial charge in [-0.3, -0.25) is 0 Å². The Morgan fingerprint density at radius 1 is 1.47 bits per heavy atom. The molecule has 0 aromatic heterocycles. The van der Waals surface area contributed by atoms with Crippen LogP contribution in [0.25, 0.3) is 0 Å². The number of nitrogens with one attached hydrogen (secondary N) is 1. The molecule has 1 saturated heterocycles. The van der Waals surface area contributed by atoms with Gasteiger partial charge in [0.05, 0.1) is 18.3 Å². The van der Waals surface area contributed by atoms with Gasteiger partial charge in [0.15, 0.2) is 0 Å². The van der Waals surface area contributed by atoms with Crippen molar-refractivity contribution in [3.8, 4) is 5.75 Å². The third-order valence-corrected chi connectivity index (χ3v) is 2.88. The van der Waals surface area contributed by atoms with Gasteiger partial charge in [0.1, 0.15) is 5.75 Å². The average molecular weight is 235 g/mol. The highest BCUT2D eigenvalue weighted by molar-refractivity contribution is 5.30. The molecule has 0 radical (unpaired) electrons. The molecule has 1 fully saturated rings. The summed E-state index contributed by atoms with van der Waals surface area (Å²) in [5.41, 5.74) is 1.07. The fraction of sp³-hybridized carbons (Fsp3) is 0.571. The average Bonchev–Trinajstić information content (AvgIpc) is 2.28. The van der Waals surface area contributed by atoms with Crippen LogP contribution in [0.1, 0.15) is 32.4 Å². The summed E-state index contributed by atoms with van der Waals surface area (Å²) in [5, 5.41) is 3.41. The van der Waals surface area contributed by atoms with Gasteiger partial charge in [0.25, 0.3) is 0 Å². The Balaban J connectivity index is 2.13. The van der Waals surface area contributed by atoms with E-state index in [0.717, 1.165) is 18.8 Å². The Labute approximate surface area is 103 Å². The van der Waals surface area contributed by atoms with Crippen LogP contribution in [0.5, 0.6) is 5.75 Å². The van der Waals surface area contributed by atoms with Crippen molar-refractivity contribution >= 4 is 0 Å². The number of hydrogen-bond acceptors (Lipinski definition) is 3. The van der Waals surface area contributed by atoms with E-state index >= 15 is 0 Å². The van der Waals surface area contributed by atoms with Gasteiger partial charge in [-0.1, -0.05) is 12.1 Å². The van der Waals surface area contributed by atoms with Crippen molar-refractivity contribution in [1.82, 2.24) is 5.32 Å². The van der Waals surface area contributed by atoms with Crippen LogP contribution in [0, 0.1) is 0 Å². The summed E-state index contributed by atoms with van der Waals surface area (Å²) in [4.78, 5) is 0. The zero-order valence-corrected chi connectivity index (χ0v) is 10.8. The molecule has 1 unspecified atom stereocenters. The van der Waals surface area contributed by atoms with Crippen LogP contribution in [0.2, 0.25) is 0 Å². The molecule has 2 rings (SSSR count). The molecule has 0 spiro atoms. The lowest BCUT2D eigenvalue weighted by molar-refractivity contribution is -0.0959. The summed E-state index contributed by atoms with van der Waals surface area (Å²) in [6, 6.07) is 8.16. The predicted molar refractivity (Wildman–Crippen MR) is 68.4 cm³/mol. The van der Waals surface area contributed by atoms with E-state index in [2.05, 4.69) is 31.3 Å². The second kappa shape index (κ2) is 5.07. The van der Waals surface area contributed by atoms with E-state index in [9.17, 15) is 0 Å². The van der Waals surface area contributed by atoms with Gasteiger partial charge in [-0.05, 0) is 38.5 Å². The minimum Gasteiger partial charge on any atom is -0.494 e. The summed E-state index contributed by atoms with van der Waals surface area (Å²) in [7, 11) is 0. The summed E-state index contributed by atoms with van der Waals surface area (Å²) < 4.78 is 11.6. The first-order valence-corrected chi connectivity index (χ1v) is 6.22. The number of rotatable bonds is 3. The van der Waals surface area contributed by atoms with Crippen LogP contribution in [-0.4, -0.2) is 25.3 Å².